The van der Waals surface area contributed by atoms with Crippen LogP contribution in [-0.2, 0) is 22.6 Å². The van der Waals surface area contributed by atoms with Gasteiger partial charge in [0.1, 0.15) is 5.82 Å². The van der Waals surface area contributed by atoms with Gasteiger partial charge in [0.2, 0.25) is 11.8 Å². The van der Waals surface area contributed by atoms with Crippen LogP contribution in [0.2, 0.25) is 0 Å². The van der Waals surface area contributed by atoms with Gasteiger partial charge in [0.25, 0.3) is 0 Å². The number of carbonyl (C=O) groups excluding carboxylic acids is 2. The molecule has 0 fully saturated rings. The van der Waals surface area contributed by atoms with Crippen LogP contribution in [0, 0.1) is 0 Å². The van der Waals surface area contributed by atoms with Crippen molar-refractivity contribution in [3.05, 3.63) is 53.2 Å². The quantitative estimate of drug-likeness (QED) is 0.872. The number of rotatable bonds is 4. The summed E-state index contributed by atoms with van der Waals surface area (Å²) in [7, 11) is 0. The number of benzene rings is 1. The molecule has 0 radical (unpaired) electrons. The third kappa shape index (κ3) is 4.12. The van der Waals surface area contributed by atoms with Gasteiger partial charge >= 0.3 is 0 Å². The molecule has 0 aliphatic carbocycles. The summed E-state index contributed by atoms with van der Waals surface area (Å²) in [5.41, 5.74) is 8.43. The Bertz CT molecular complexity index is 778. The van der Waals surface area contributed by atoms with Crippen LogP contribution in [0.4, 0.5) is 5.82 Å². The standard InChI is InChI=1S/C18H21N5O2/c1-12(24)20-16(13-5-3-2-4-6-13)10-18(25)23-8-7-15-14(11-23)9-17(19)22-21-15/h2-6,9,16H,7-8,10-11H2,1H3,(H2,19,22)(H,20,24)/t16-/m1/s1. The number of nitrogens with zero attached hydrogens (tertiary/aromatic N) is 3. The fraction of sp³-hybridized carbons (Fsp3) is 0.333. The number of fused-ring (bicyclic) bond motifs is 1. The zero-order valence-corrected chi connectivity index (χ0v) is 14.1. The number of anilines is 1. The largest absolute Gasteiger partial charge is 0.382 e. The van der Waals surface area contributed by atoms with Gasteiger partial charge < -0.3 is 16.0 Å². The fourth-order valence-electron chi connectivity index (χ4n) is 3.05. The van der Waals surface area contributed by atoms with Crippen LogP contribution < -0.4 is 11.1 Å². The van der Waals surface area contributed by atoms with Crippen molar-refractivity contribution in [1.29, 1.82) is 0 Å². The van der Waals surface area contributed by atoms with E-state index in [1.165, 1.54) is 6.92 Å². The Morgan fingerprint density at radius 2 is 2.04 bits per heavy atom. The zero-order chi connectivity index (χ0) is 17.8. The van der Waals surface area contributed by atoms with Gasteiger partial charge in [-0.05, 0) is 17.2 Å². The van der Waals surface area contributed by atoms with Crippen molar-refractivity contribution in [2.75, 3.05) is 12.3 Å². The molecule has 3 N–H and O–H groups in total. The average Bonchev–Trinajstić information content (AvgIpc) is 2.60. The summed E-state index contributed by atoms with van der Waals surface area (Å²) in [6.07, 6.45) is 0.872. The summed E-state index contributed by atoms with van der Waals surface area (Å²) >= 11 is 0. The molecule has 0 saturated carbocycles. The van der Waals surface area contributed by atoms with Crippen molar-refractivity contribution >= 4 is 17.6 Å². The average molecular weight is 339 g/mol. The summed E-state index contributed by atoms with van der Waals surface area (Å²) in [6, 6.07) is 11.0. The number of nitrogens with two attached hydrogens (primary N) is 1. The van der Waals surface area contributed by atoms with E-state index in [1.807, 2.05) is 30.3 Å². The van der Waals surface area contributed by atoms with Crippen molar-refractivity contribution < 1.29 is 9.59 Å². The van der Waals surface area contributed by atoms with Crippen LogP contribution in [0.15, 0.2) is 36.4 Å². The molecule has 3 rings (SSSR count). The van der Waals surface area contributed by atoms with E-state index in [0.29, 0.717) is 25.3 Å². The third-order valence-electron chi connectivity index (χ3n) is 4.27. The number of hydrogen-bond donors (Lipinski definition) is 2. The van der Waals surface area contributed by atoms with Gasteiger partial charge in [0, 0.05) is 26.4 Å². The molecular weight excluding hydrogens is 318 g/mol. The lowest BCUT2D eigenvalue weighted by atomic mass is 10.0. The lowest BCUT2D eigenvalue weighted by Crippen LogP contribution is -2.39. The summed E-state index contributed by atoms with van der Waals surface area (Å²) in [6.45, 7) is 2.51. The molecule has 0 saturated heterocycles. The second-order valence-electron chi connectivity index (χ2n) is 6.17. The maximum atomic E-state index is 12.8. The van der Waals surface area contributed by atoms with E-state index < -0.39 is 0 Å². The molecule has 130 valence electrons. The highest BCUT2D eigenvalue weighted by Crippen LogP contribution is 2.22. The van der Waals surface area contributed by atoms with Crippen molar-refractivity contribution in [2.45, 2.75) is 32.4 Å². The molecule has 1 aromatic carbocycles. The van der Waals surface area contributed by atoms with E-state index in [-0.39, 0.29) is 24.3 Å². The molecule has 0 bridgehead atoms. The minimum absolute atomic E-state index is 0.0105. The van der Waals surface area contributed by atoms with Crippen LogP contribution >= 0.6 is 0 Å². The monoisotopic (exact) mass is 339 g/mol. The summed E-state index contributed by atoms with van der Waals surface area (Å²) in [5.74, 6) is 0.186. The first kappa shape index (κ1) is 16.9. The van der Waals surface area contributed by atoms with Crippen LogP contribution in [-0.4, -0.2) is 33.5 Å². The maximum absolute atomic E-state index is 12.8. The lowest BCUT2D eigenvalue weighted by Gasteiger charge is -2.29. The number of nitrogens with one attached hydrogen (secondary N) is 1. The van der Waals surface area contributed by atoms with Gasteiger partial charge in [0.05, 0.1) is 18.2 Å². The van der Waals surface area contributed by atoms with Crippen molar-refractivity contribution in [2.24, 2.45) is 0 Å². The highest BCUT2D eigenvalue weighted by Gasteiger charge is 2.25. The molecule has 7 nitrogen and oxygen atoms in total. The maximum Gasteiger partial charge on any atom is 0.225 e. The first-order valence-corrected chi connectivity index (χ1v) is 8.23. The SMILES string of the molecule is CC(=O)N[C@H](CC(=O)N1CCc2nnc(N)cc2C1)c1ccccc1. The Morgan fingerprint density at radius 1 is 1.28 bits per heavy atom. The second kappa shape index (κ2) is 7.29. The lowest BCUT2D eigenvalue weighted by molar-refractivity contribution is -0.133. The van der Waals surface area contributed by atoms with Gasteiger partial charge in [-0.3, -0.25) is 9.59 Å². The highest BCUT2D eigenvalue weighted by molar-refractivity contribution is 5.79. The number of carbonyl (C=O) groups is 2. The zero-order valence-electron chi connectivity index (χ0n) is 14.1. The second-order valence-corrected chi connectivity index (χ2v) is 6.17. The molecule has 2 aromatic rings. The van der Waals surface area contributed by atoms with Gasteiger partial charge in [-0.2, -0.15) is 5.10 Å². The van der Waals surface area contributed by atoms with Crippen molar-refractivity contribution in [3.8, 4) is 0 Å². The molecule has 25 heavy (non-hydrogen) atoms. The molecule has 7 heteroatoms. The van der Waals surface area contributed by atoms with Crippen molar-refractivity contribution in [1.82, 2.24) is 20.4 Å². The Kier molecular flexibility index (Phi) is 4.92. The third-order valence-corrected chi connectivity index (χ3v) is 4.27. The first-order chi connectivity index (χ1) is 12.0. The van der Waals surface area contributed by atoms with E-state index in [2.05, 4.69) is 15.5 Å². The van der Waals surface area contributed by atoms with Crippen LogP contribution in [0.5, 0.6) is 0 Å². The molecule has 1 aliphatic heterocycles. The molecule has 1 aliphatic rings. The predicted molar refractivity (Wildman–Crippen MR) is 93.2 cm³/mol. The molecule has 2 heterocycles. The minimum Gasteiger partial charge on any atom is -0.382 e. The molecule has 1 atom stereocenters. The Labute approximate surface area is 146 Å². The smallest absolute Gasteiger partial charge is 0.225 e. The van der Waals surface area contributed by atoms with E-state index in [1.54, 1.807) is 11.0 Å². The Morgan fingerprint density at radius 3 is 2.76 bits per heavy atom. The summed E-state index contributed by atoms with van der Waals surface area (Å²) in [4.78, 5) is 26.1. The first-order valence-electron chi connectivity index (χ1n) is 8.23. The van der Waals surface area contributed by atoms with Gasteiger partial charge in [-0.25, -0.2) is 0 Å². The fourth-order valence-corrected chi connectivity index (χ4v) is 3.05. The summed E-state index contributed by atoms with van der Waals surface area (Å²) < 4.78 is 0. The molecule has 2 amide bonds. The molecule has 0 spiro atoms. The van der Waals surface area contributed by atoms with Crippen LogP contribution in [0.3, 0.4) is 0 Å². The van der Waals surface area contributed by atoms with Gasteiger partial charge in [0.15, 0.2) is 0 Å². The van der Waals surface area contributed by atoms with Gasteiger partial charge in [-0.1, -0.05) is 30.3 Å². The van der Waals surface area contributed by atoms with E-state index in [4.69, 9.17) is 5.73 Å². The molecule has 1 aromatic heterocycles. The van der Waals surface area contributed by atoms with Gasteiger partial charge in [-0.15, -0.1) is 5.10 Å². The number of hydrogen-bond acceptors (Lipinski definition) is 5. The van der Waals surface area contributed by atoms with E-state index >= 15 is 0 Å². The normalized spacial score (nSPS) is 14.5. The minimum atomic E-state index is -0.340. The number of aromatic nitrogens is 2. The topological polar surface area (TPSA) is 101 Å². The molecular formula is C18H21N5O2. The predicted octanol–water partition coefficient (Wildman–Crippen LogP) is 1.21. The van der Waals surface area contributed by atoms with Crippen LogP contribution in [0.25, 0.3) is 0 Å². The highest BCUT2D eigenvalue weighted by atomic mass is 16.2. The van der Waals surface area contributed by atoms with Crippen molar-refractivity contribution in [3.63, 3.8) is 0 Å². The number of amides is 2. The van der Waals surface area contributed by atoms with E-state index in [0.717, 1.165) is 16.8 Å². The molecule has 0 unspecified atom stereocenters. The summed E-state index contributed by atoms with van der Waals surface area (Å²) in [5, 5.41) is 10.8. The van der Waals surface area contributed by atoms with Crippen LogP contribution in [0.1, 0.15) is 36.2 Å². The number of nitrogen functional groups attached to an aromatic ring is 1. The Balaban J connectivity index is 1.72. The van der Waals surface area contributed by atoms with E-state index in [9.17, 15) is 9.59 Å². The Hall–Kier alpha value is -2.96.